The lowest BCUT2D eigenvalue weighted by Crippen LogP contribution is -2.46. The zero-order valence-corrected chi connectivity index (χ0v) is 14.7. The van der Waals surface area contributed by atoms with Crippen LogP contribution in [0.5, 0.6) is 0 Å². The number of likely N-dealkylation sites (tertiary alicyclic amines) is 2. The summed E-state index contributed by atoms with van der Waals surface area (Å²) in [5.41, 5.74) is 0. The second kappa shape index (κ2) is 8.40. The molecule has 1 unspecified atom stereocenters. The summed E-state index contributed by atoms with van der Waals surface area (Å²) in [5, 5.41) is 3.34. The van der Waals surface area contributed by atoms with Crippen molar-refractivity contribution in [1.82, 2.24) is 15.1 Å². The maximum atomic E-state index is 12.4. The summed E-state index contributed by atoms with van der Waals surface area (Å²) in [6, 6.07) is 0.0725. The molecule has 1 atom stereocenters. The molecule has 4 nitrogen and oxygen atoms in total. The Morgan fingerprint density at radius 2 is 1.90 bits per heavy atom. The van der Waals surface area contributed by atoms with Crippen LogP contribution in [0.2, 0.25) is 0 Å². The SMILES string of the molecule is CCN=C(NC1CCN(CC(F)(F)F)C1)N1CCCC1.I. The average molecular weight is 420 g/mol. The first kappa shape index (κ1) is 18.8. The van der Waals surface area contributed by atoms with Crippen molar-refractivity contribution >= 4 is 29.9 Å². The summed E-state index contributed by atoms with van der Waals surface area (Å²) >= 11 is 0. The van der Waals surface area contributed by atoms with Gasteiger partial charge in [-0.05, 0) is 26.2 Å². The monoisotopic (exact) mass is 420 g/mol. The minimum absolute atomic E-state index is 0. The standard InChI is InChI=1S/C13H23F3N4.HI/c1-2-17-12(20-6-3-4-7-20)18-11-5-8-19(9-11)10-13(14,15)16;/h11H,2-10H2,1H3,(H,17,18);1H. The first-order valence-corrected chi connectivity index (χ1v) is 7.33. The Hall–Kier alpha value is -0.250. The van der Waals surface area contributed by atoms with Gasteiger partial charge in [-0.1, -0.05) is 0 Å². The number of guanidine groups is 1. The van der Waals surface area contributed by atoms with E-state index < -0.39 is 12.7 Å². The number of aliphatic imine (C=N–C) groups is 1. The maximum Gasteiger partial charge on any atom is 0.401 e. The molecular weight excluding hydrogens is 396 g/mol. The van der Waals surface area contributed by atoms with Gasteiger partial charge in [-0.15, -0.1) is 24.0 Å². The molecule has 2 aliphatic rings. The van der Waals surface area contributed by atoms with E-state index in [2.05, 4.69) is 15.2 Å². The van der Waals surface area contributed by atoms with E-state index in [9.17, 15) is 13.2 Å². The van der Waals surface area contributed by atoms with Crippen molar-refractivity contribution in [3.05, 3.63) is 0 Å². The summed E-state index contributed by atoms with van der Waals surface area (Å²) in [6.07, 6.45) is -1.04. The van der Waals surface area contributed by atoms with Crippen LogP contribution >= 0.6 is 24.0 Å². The van der Waals surface area contributed by atoms with Gasteiger partial charge in [0.2, 0.25) is 0 Å². The largest absolute Gasteiger partial charge is 0.401 e. The third-order valence-corrected chi connectivity index (χ3v) is 3.72. The molecule has 0 aromatic rings. The number of rotatable bonds is 3. The van der Waals surface area contributed by atoms with Crippen LogP contribution in [0.4, 0.5) is 13.2 Å². The number of nitrogens with zero attached hydrogens (tertiary/aromatic N) is 3. The van der Waals surface area contributed by atoms with Gasteiger partial charge in [-0.25, -0.2) is 0 Å². The van der Waals surface area contributed by atoms with Gasteiger partial charge < -0.3 is 10.2 Å². The summed E-state index contributed by atoms with van der Waals surface area (Å²) in [4.78, 5) is 8.13. The Kier molecular flexibility index (Phi) is 7.52. The smallest absolute Gasteiger partial charge is 0.352 e. The van der Waals surface area contributed by atoms with Crippen molar-refractivity contribution in [2.24, 2.45) is 4.99 Å². The van der Waals surface area contributed by atoms with E-state index in [-0.39, 0.29) is 30.0 Å². The average Bonchev–Trinajstić information content (AvgIpc) is 2.97. The summed E-state index contributed by atoms with van der Waals surface area (Å²) < 4.78 is 37.1. The highest BCUT2D eigenvalue weighted by molar-refractivity contribution is 14.0. The molecule has 0 aliphatic carbocycles. The molecule has 0 saturated carbocycles. The Morgan fingerprint density at radius 3 is 2.48 bits per heavy atom. The van der Waals surface area contributed by atoms with Crippen LogP contribution in [0.1, 0.15) is 26.2 Å². The van der Waals surface area contributed by atoms with E-state index in [4.69, 9.17) is 0 Å². The molecule has 0 aromatic heterocycles. The van der Waals surface area contributed by atoms with E-state index in [1.54, 1.807) is 0 Å². The van der Waals surface area contributed by atoms with Crippen LogP contribution in [0.25, 0.3) is 0 Å². The minimum atomic E-state index is -4.11. The summed E-state index contributed by atoms with van der Waals surface area (Å²) in [5.74, 6) is 0.865. The molecule has 0 aromatic carbocycles. The topological polar surface area (TPSA) is 30.9 Å². The third-order valence-electron chi connectivity index (χ3n) is 3.72. The molecule has 2 heterocycles. The number of alkyl halides is 3. The molecule has 2 aliphatic heterocycles. The normalized spacial score (nSPS) is 24.3. The molecular formula is C13H24F3IN4. The maximum absolute atomic E-state index is 12.4. The lowest BCUT2D eigenvalue weighted by atomic mass is 10.3. The minimum Gasteiger partial charge on any atom is -0.352 e. The molecule has 0 amide bonds. The Morgan fingerprint density at radius 1 is 1.24 bits per heavy atom. The molecule has 2 rings (SSSR count). The molecule has 21 heavy (non-hydrogen) atoms. The van der Waals surface area contributed by atoms with Crippen LogP contribution in [0, 0.1) is 0 Å². The second-order valence-corrected chi connectivity index (χ2v) is 5.47. The molecule has 0 bridgehead atoms. The fourth-order valence-electron chi connectivity index (χ4n) is 2.85. The van der Waals surface area contributed by atoms with Crippen LogP contribution in [-0.4, -0.2) is 67.2 Å². The van der Waals surface area contributed by atoms with Crippen molar-refractivity contribution < 1.29 is 13.2 Å². The molecule has 0 radical (unpaired) electrons. The predicted molar refractivity (Wildman–Crippen MR) is 88.2 cm³/mol. The highest BCUT2D eigenvalue weighted by Crippen LogP contribution is 2.20. The molecule has 1 N–H and O–H groups in total. The van der Waals surface area contributed by atoms with Crippen molar-refractivity contribution in [2.75, 3.05) is 39.3 Å². The van der Waals surface area contributed by atoms with E-state index in [1.165, 1.54) is 4.90 Å². The van der Waals surface area contributed by atoms with Gasteiger partial charge in [0.05, 0.1) is 6.54 Å². The summed E-state index contributed by atoms with van der Waals surface area (Å²) in [6.45, 7) is 4.78. The highest BCUT2D eigenvalue weighted by atomic mass is 127. The quantitative estimate of drug-likeness (QED) is 0.432. The van der Waals surface area contributed by atoms with Gasteiger partial charge in [-0.2, -0.15) is 13.2 Å². The number of hydrogen-bond acceptors (Lipinski definition) is 2. The van der Waals surface area contributed by atoms with Crippen molar-refractivity contribution in [3.63, 3.8) is 0 Å². The van der Waals surface area contributed by atoms with Gasteiger partial charge in [-0.3, -0.25) is 9.89 Å². The van der Waals surface area contributed by atoms with E-state index in [0.29, 0.717) is 19.6 Å². The van der Waals surface area contributed by atoms with Crippen molar-refractivity contribution in [1.29, 1.82) is 0 Å². The van der Waals surface area contributed by atoms with Gasteiger partial charge in [0, 0.05) is 38.8 Å². The fraction of sp³-hybridized carbons (Fsp3) is 0.923. The second-order valence-electron chi connectivity index (χ2n) is 5.47. The van der Waals surface area contributed by atoms with Gasteiger partial charge in [0.1, 0.15) is 0 Å². The Labute approximate surface area is 141 Å². The van der Waals surface area contributed by atoms with E-state index in [1.807, 2.05) is 6.92 Å². The van der Waals surface area contributed by atoms with Crippen LogP contribution in [0.15, 0.2) is 4.99 Å². The third kappa shape index (κ3) is 6.17. The highest BCUT2D eigenvalue weighted by Gasteiger charge is 2.34. The van der Waals surface area contributed by atoms with Gasteiger partial charge in [0.25, 0.3) is 0 Å². The lowest BCUT2D eigenvalue weighted by molar-refractivity contribution is -0.143. The number of hydrogen-bond donors (Lipinski definition) is 1. The molecule has 2 fully saturated rings. The predicted octanol–water partition coefficient (Wildman–Crippen LogP) is 2.30. The van der Waals surface area contributed by atoms with Gasteiger partial charge in [0.15, 0.2) is 5.96 Å². The first-order valence-electron chi connectivity index (χ1n) is 7.33. The summed E-state index contributed by atoms with van der Waals surface area (Å²) in [7, 11) is 0. The van der Waals surface area contributed by atoms with Crippen molar-refractivity contribution in [3.8, 4) is 0 Å². The van der Waals surface area contributed by atoms with E-state index >= 15 is 0 Å². The Balaban J connectivity index is 0.00000220. The fourth-order valence-corrected chi connectivity index (χ4v) is 2.85. The van der Waals surface area contributed by atoms with Crippen LogP contribution < -0.4 is 5.32 Å². The lowest BCUT2D eigenvalue weighted by Gasteiger charge is -2.25. The number of halogens is 4. The zero-order chi connectivity index (χ0) is 14.6. The van der Waals surface area contributed by atoms with Crippen molar-refractivity contribution in [2.45, 2.75) is 38.4 Å². The van der Waals surface area contributed by atoms with Crippen LogP contribution in [0.3, 0.4) is 0 Å². The molecule has 8 heteroatoms. The van der Waals surface area contributed by atoms with E-state index in [0.717, 1.165) is 38.3 Å². The molecule has 124 valence electrons. The zero-order valence-electron chi connectivity index (χ0n) is 12.3. The van der Waals surface area contributed by atoms with Gasteiger partial charge >= 0.3 is 6.18 Å². The molecule has 2 saturated heterocycles. The first-order chi connectivity index (χ1) is 9.48. The molecule has 0 spiro atoms. The Bertz CT molecular complexity index is 343. The van der Waals surface area contributed by atoms with Crippen LogP contribution in [-0.2, 0) is 0 Å². The number of nitrogens with one attached hydrogen (secondary N) is 1.